The van der Waals surface area contributed by atoms with Crippen molar-refractivity contribution in [3.8, 4) is 0 Å². The van der Waals surface area contributed by atoms with Crippen LogP contribution in [0.2, 0.25) is 0 Å². The minimum Gasteiger partial charge on any atom is -0.465 e. The number of hydrogen-bond donors (Lipinski definition) is 2. The van der Waals surface area contributed by atoms with Crippen LogP contribution in [0, 0.1) is 11.3 Å². The van der Waals surface area contributed by atoms with Crippen LogP contribution in [-0.2, 0) is 0 Å². The quantitative estimate of drug-likeness (QED) is 0.634. The molecule has 1 heterocycles. The summed E-state index contributed by atoms with van der Waals surface area (Å²) in [7, 11) is 0. The molecule has 4 nitrogen and oxygen atoms in total. The van der Waals surface area contributed by atoms with E-state index in [2.05, 4.69) is 0 Å². The van der Waals surface area contributed by atoms with Crippen LogP contribution in [0.3, 0.4) is 0 Å². The van der Waals surface area contributed by atoms with Crippen molar-refractivity contribution in [2.24, 2.45) is 11.3 Å². The maximum absolute atomic E-state index is 10.6. The molecule has 4 heteroatoms. The molecule has 1 aliphatic heterocycles. The molecule has 1 atom stereocenters. The molecule has 2 rings (SSSR count). The van der Waals surface area contributed by atoms with E-state index in [4.69, 9.17) is 10.2 Å². The predicted molar refractivity (Wildman–Crippen MR) is 46.5 cm³/mol. The third-order valence-corrected chi connectivity index (χ3v) is 3.61. The van der Waals surface area contributed by atoms with Crippen LogP contribution < -0.4 is 0 Å². The average Bonchev–Trinajstić information content (AvgIpc) is 2.80. The van der Waals surface area contributed by atoms with Gasteiger partial charge in [0, 0.05) is 19.7 Å². The number of hydrogen-bond acceptors (Lipinski definition) is 2. The first-order valence-corrected chi connectivity index (χ1v) is 4.77. The van der Waals surface area contributed by atoms with Crippen LogP contribution in [0.1, 0.15) is 19.3 Å². The number of likely N-dealkylation sites (tertiary alicyclic amines) is 1. The second-order valence-corrected chi connectivity index (χ2v) is 4.22. The Balaban J connectivity index is 1.87. The van der Waals surface area contributed by atoms with Crippen LogP contribution in [0.4, 0.5) is 4.79 Å². The van der Waals surface area contributed by atoms with E-state index in [0.717, 1.165) is 19.3 Å². The zero-order valence-electron chi connectivity index (χ0n) is 7.57. The van der Waals surface area contributed by atoms with Gasteiger partial charge in [-0.1, -0.05) is 0 Å². The zero-order valence-corrected chi connectivity index (χ0v) is 7.57. The molecule has 2 aliphatic rings. The summed E-state index contributed by atoms with van der Waals surface area (Å²) in [5, 5.41) is 17.7. The average molecular weight is 185 g/mol. The first-order valence-electron chi connectivity index (χ1n) is 4.77. The molecule has 74 valence electrons. The summed E-state index contributed by atoms with van der Waals surface area (Å²) in [6.07, 6.45) is 2.16. The minimum atomic E-state index is -0.809. The summed E-state index contributed by atoms with van der Waals surface area (Å²) >= 11 is 0. The Morgan fingerprint density at radius 2 is 2.08 bits per heavy atom. The molecule has 1 aliphatic carbocycles. The first kappa shape index (κ1) is 8.81. The van der Waals surface area contributed by atoms with Crippen LogP contribution in [-0.4, -0.2) is 40.9 Å². The second kappa shape index (κ2) is 2.87. The Bertz CT molecular complexity index is 221. The molecule has 0 aromatic carbocycles. The maximum Gasteiger partial charge on any atom is 0.407 e. The number of piperidine rings is 1. The van der Waals surface area contributed by atoms with Gasteiger partial charge in [0.15, 0.2) is 0 Å². The molecule has 1 saturated carbocycles. The van der Waals surface area contributed by atoms with Crippen molar-refractivity contribution in [1.29, 1.82) is 0 Å². The van der Waals surface area contributed by atoms with Gasteiger partial charge in [0.05, 0.1) is 0 Å². The number of aliphatic hydroxyl groups is 1. The summed E-state index contributed by atoms with van der Waals surface area (Å²) in [5.41, 5.74) is 0.306. The van der Waals surface area contributed by atoms with E-state index in [-0.39, 0.29) is 6.61 Å². The third-order valence-electron chi connectivity index (χ3n) is 3.61. The largest absolute Gasteiger partial charge is 0.465 e. The van der Waals surface area contributed by atoms with Crippen molar-refractivity contribution in [3.63, 3.8) is 0 Å². The van der Waals surface area contributed by atoms with Gasteiger partial charge in [0.25, 0.3) is 0 Å². The molecule has 0 aromatic rings. The lowest BCUT2D eigenvalue weighted by atomic mass is 9.91. The van der Waals surface area contributed by atoms with Gasteiger partial charge in [-0.15, -0.1) is 0 Å². The summed E-state index contributed by atoms with van der Waals surface area (Å²) in [6, 6.07) is 0. The fourth-order valence-corrected chi connectivity index (χ4v) is 2.45. The Morgan fingerprint density at radius 1 is 1.46 bits per heavy atom. The standard InChI is InChI=1S/C9H15NO3/c11-6-7-5-9(7)1-3-10(4-2-9)8(12)13/h7,11H,1-6H2,(H,12,13). The van der Waals surface area contributed by atoms with Crippen LogP contribution in [0.25, 0.3) is 0 Å². The molecule has 13 heavy (non-hydrogen) atoms. The van der Waals surface area contributed by atoms with Gasteiger partial charge < -0.3 is 15.1 Å². The highest BCUT2D eigenvalue weighted by Gasteiger charge is 2.54. The number of amides is 1. The van der Waals surface area contributed by atoms with Crippen molar-refractivity contribution < 1.29 is 15.0 Å². The predicted octanol–water partition coefficient (Wildman–Crippen LogP) is 0.759. The minimum absolute atomic E-state index is 0.271. The van der Waals surface area contributed by atoms with Crippen molar-refractivity contribution >= 4 is 6.09 Å². The van der Waals surface area contributed by atoms with Crippen molar-refractivity contribution in [2.75, 3.05) is 19.7 Å². The van der Waals surface area contributed by atoms with E-state index in [0.29, 0.717) is 24.4 Å². The number of carboxylic acid groups (broad SMARTS) is 1. The van der Waals surface area contributed by atoms with Gasteiger partial charge in [0.1, 0.15) is 0 Å². The van der Waals surface area contributed by atoms with Gasteiger partial charge in [-0.2, -0.15) is 0 Å². The fraction of sp³-hybridized carbons (Fsp3) is 0.889. The van der Waals surface area contributed by atoms with Crippen LogP contribution in [0.15, 0.2) is 0 Å². The van der Waals surface area contributed by atoms with Crippen LogP contribution >= 0.6 is 0 Å². The molecule has 2 fully saturated rings. The molecule has 0 bridgehead atoms. The van der Waals surface area contributed by atoms with E-state index >= 15 is 0 Å². The fourth-order valence-electron chi connectivity index (χ4n) is 2.45. The smallest absolute Gasteiger partial charge is 0.407 e. The van der Waals surface area contributed by atoms with E-state index < -0.39 is 6.09 Å². The molecule has 0 radical (unpaired) electrons. The highest BCUT2D eigenvalue weighted by atomic mass is 16.4. The van der Waals surface area contributed by atoms with E-state index in [1.807, 2.05) is 0 Å². The van der Waals surface area contributed by atoms with E-state index in [1.165, 1.54) is 4.90 Å². The number of carbonyl (C=O) groups is 1. The maximum atomic E-state index is 10.6. The Kier molecular flexibility index (Phi) is 1.95. The highest BCUT2D eigenvalue weighted by molar-refractivity contribution is 5.65. The van der Waals surface area contributed by atoms with Gasteiger partial charge in [0.2, 0.25) is 0 Å². The number of rotatable bonds is 1. The molecular weight excluding hydrogens is 170 g/mol. The van der Waals surface area contributed by atoms with Crippen molar-refractivity contribution in [2.45, 2.75) is 19.3 Å². The molecule has 1 unspecified atom stereocenters. The summed E-state index contributed by atoms with van der Waals surface area (Å²) in [4.78, 5) is 12.1. The van der Waals surface area contributed by atoms with Crippen molar-refractivity contribution in [1.82, 2.24) is 4.90 Å². The lowest BCUT2D eigenvalue weighted by molar-refractivity contribution is 0.113. The summed E-state index contributed by atoms with van der Waals surface area (Å²) < 4.78 is 0. The molecule has 1 spiro atoms. The highest BCUT2D eigenvalue weighted by Crippen LogP contribution is 2.58. The molecule has 0 aromatic heterocycles. The Morgan fingerprint density at radius 3 is 2.46 bits per heavy atom. The SMILES string of the molecule is O=C(O)N1CCC2(CC1)CC2CO. The zero-order chi connectivity index (χ0) is 9.47. The Labute approximate surface area is 77.2 Å². The third kappa shape index (κ3) is 1.39. The molecule has 1 amide bonds. The Hall–Kier alpha value is -0.770. The van der Waals surface area contributed by atoms with E-state index in [9.17, 15) is 4.79 Å². The second-order valence-electron chi connectivity index (χ2n) is 4.22. The van der Waals surface area contributed by atoms with Gasteiger partial charge >= 0.3 is 6.09 Å². The van der Waals surface area contributed by atoms with Crippen molar-refractivity contribution in [3.05, 3.63) is 0 Å². The van der Waals surface area contributed by atoms with Gasteiger partial charge in [-0.3, -0.25) is 0 Å². The number of aliphatic hydroxyl groups excluding tert-OH is 1. The summed E-state index contributed by atoms with van der Waals surface area (Å²) in [5.74, 6) is 0.448. The van der Waals surface area contributed by atoms with Gasteiger partial charge in [-0.25, -0.2) is 4.79 Å². The molecule has 1 saturated heterocycles. The van der Waals surface area contributed by atoms with E-state index in [1.54, 1.807) is 0 Å². The summed E-state index contributed by atoms with van der Waals surface area (Å²) in [6.45, 7) is 1.56. The van der Waals surface area contributed by atoms with Crippen LogP contribution in [0.5, 0.6) is 0 Å². The lowest BCUT2D eigenvalue weighted by Gasteiger charge is -2.30. The lowest BCUT2D eigenvalue weighted by Crippen LogP contribution is -2.38. The monoisotopic (exact) mass is 185 g/mol. The first-order chi connectivity index (χ1) is 6.18. The molecule has 2 N–H and O–H groups in total. The van der Waals surface area contributed by atoms with Gasteiger partial charge in [-0.05, 0) is 30.6 Å². The number of nitrogens with zero attached hydrogens (tertiary/aromatic N) is 1. The normalized spacial score (nSPS) is 30.5. The molecular formula is C9H15NO3. The topological polar surface area (TPSA) is 60.8 Å².